The maximum Gasteiger partial charge on any atom is 0.237 e. The van der Waals surface area contributed by atoms with E-state index in [0.29, 0.717) is 34.0 Å². The van der Waals surface area contributed by atoms with E-state index in [2.05, 4.69) is 255 Å². The highest BCUT2D eigenvalue weighted by Crippen LogP contribution is 2.53. The molecular weight excluding hydrogens is 1080 g/mol. The van der Waals surface area contributed by atoms with Crippen molar-refractivity contribution in [2.24, 2.45) is 0 Å². The van der Waals surface area contributed by atoms with Crippen LogP contribution >= 0.6 is 0 Å². The molecule has 0 bridgehead atoms. The lowest BCUT2D eigenvalue weighted by atomic mass is 10.0. The lowest BCUT2D eigenvalue weighted by Crippen LogP contribution is -2.14. The highest BCUT2D eigenvalue weighted by molar-refractivity contribution is 6.22. The van der Waals surface area contributed by atoms with Gasteiger partial charge in [0.1, 0.15) is 28.4 Å². The fourth-order valence-corrected chi connectivity index (χ4v) is 14.7. The van der Waals surface area contributed by atoms with Gasteiger partial charge in [0.2, 0.25) is 5.69 Å². The molecule has 13 aromatic carbocycles. The molecule has 0 spiro atoms. The van der Waals surface area contributed by atoms with Gasteiger partial charge in [0.05, 0.1) is 79.0 Å². The van der Waals surface area contributed by atoms with Crippen LogP contribution in [0.25, 0.3) is 181 Å². The van der Waals surface area contributed by atoms with E-state index in [-0.39, 0.29) is 0 Å². The Morgan fingerprint density at radius 3 is 1.06 bits per heavy atom. The van der Waals surface area contributed by atoms with Gasteiger partial charge in [-0.15, -0.1) is 0 Å². The Hall–Kier alpha value is -12.4. The predicted octanol–water partition coefficient (Wildman–Crippen LogP) is 21.6. The van der Waals surface area contributed by atoms with Gasteiger partial charge in [-0.05, 0) is 107 Å². The van der Waals surface area contributed by atoms with E-state index in [9.17, 15) is 11.8 Å². The molecule has 8 nitrogen and oxygen atoms in total. The molecule has 0 amide bonds. The number of furan rings is 2. The van der Waals surface area contributed by atoms with Crippen molar-refractivity contribution in [1.29, 1.82) is 5.26 Å². The van der Waals surface area contributed by atoms with Gasteiger partial charge in [-0.25, -0.2) is 4.85 Å². The minimum Gasteiger partial charge on any atom is -0.456 e. The molecule has 0 N–H and O–H groups in total. The fraction of sp³-hybridized carbons (Fsp3) is 0. The van der Waals surface area contributed by atoms with Gasteiger partial charge in [-0.2, -0.15) is 5.26 Å². The highest BCUT2D eigenvalue weighted by Gasteiger charge is 2.35. The minimum atomic E-state index is 0.306. The summed E-state index contributed by atoms with van der Waals surface area (Å²) in [6.45, 7) is 10.1. The summed E-state index contributed by atoms with van der Waals surface area (Å²) in [6.07, 6.45) is 0. The smallest absolute Gasteiger partial charge is 0.237 e. The van der Waals surface area contributed by atoms with Crippen LogP contribution in [0.1, 0.15) is 5.56 Å². The summed E-state index contributed by atoms with van der Waals surface area (Å²) in [6, 6.07) is 96.4. The topological polar surface area (TPSA) is 74.2 Å². The van der Waals surface area contributed by atoms with Crippen LogP contribution in [0.15, 0.2) is 276 Å². The van der Waals surface area contributed by atoms with Gasteiger partial charge >= 0.3 is 0 Å². The van der Waals surface area contributed by atoms with Crippen molar-refractivity contribution < 1.29 is 8.83 Å². The predicted molar refractivity (Wildman–Crippen MR) is 360 cm³/mol. The number of aromatic nitrogens is 4. The number of nitrogens with zero attached hydrogens (tertiary/aromatic N) is 6. The number of benzene rings is 13. The van der Waals surface area contributed by atoms with Crippen molar-refractivity contribution in [2.75, 3.05) is 0 Å². The first-order valence-electron chi connectivity index (χ1n) is 29.5. The quantitative estimate of drug-likeness (QED) is 0.156. The third-order valence-corrected chi connectivity index (χ3v) is 18.4. The molecule has 19 rings (SSSR count). The Balaban J connectivity index is 1.09. The zero-order valence-corrected chi connectivity index (χ0v) is 46.9. The Kier molecular flexibility index (Phi) is 9.87. The number of nitriles is 1. The zero-order chi connectivity index (χ0) is 57.9. The van der Waals surface area contributed by atoms with Crippen LogP contribution < -0.4 is 0 Å². The average molecular weight is 1120 g/mol. The Morgan fingerprint density at radius 2 is 0.625 bits per heavy atom. The van der Waals surface area contributed by atoms with E-state index in [1.165, 1.54) is 0 Å². The van der Waals surface area contributed by atoms with E-state index >= 15 is 0 Å². The number of rotatable bonds is 6. The summed E-state index contributed by atoms with van der Waals surface area (Å²) in [7, 11) is 0. The second-order valence-electron chi connectivity index (χ2n) is 22.9. The summed E-state index contributed by atoms with van der Waals surface area (Å²) in [5, 5.41) is 24.7. The molecule has 0 aliphatic heterocycles. The minimum absolute atomic E-state index is 0.306. The first-order chi connectivity index (χ1) is 43.6. The SMILES string of the molecule is [C-]#[N+]c1c(-n2c3ccccc3c3cc(-c4ccccc4)ccc32)c(C#N)c(-n2c3ccccc3c3cc4oc5ccccc5c4cc32)c(-n2c3ccccc3c3cc(-c4ccccc4)ccc32)c1-n1c2ccccc2c2cc3oc4ccccc4c3cc21. The summed E-state index contributed by atoms with van der Waals surface area (Å²) in [5.74, 6) is 0. The van der Waals surface area contributed by atoms with Gasteiger partial charge < -0.3 is 27.1 Å². The lowest BCUT2D eigenvalue weighted by molar-refractivity contribution is 0.669. The van der Waals surface area contributed by atoms with E-state index in [1.54, 1.807) is 0 Å². The molecule has 8 heteroatoms. The number of fused-ring (bicyclic) bond motifs is 18. The number of hydrogen-bond donors (Lipinski definition) is 0. The van der Waals surface area contributed by atoms with Crippen molar-refractivity contribution in [3.8, 4) is 51.1 Å². The molecule has 19 aromatic rings. The number of hydrogen-bond acceptors (Lipinski definition) is 3. The van der Waals surface area contributed by atoms with E-state index in [0.717, 1.165) is 153 Å². The summed E-state index contributed by atoms with van der Waals surface area (Å²) < 4.78 is 22.6. The third kappa shape index (κ3) is 6.55. The largest absolute Gasteiger partial charge is 0.456 e. The molecule has 0 saturated carbocycles. The van der Waals surface area contributed by atoms with E-state index in [4.69, 9.17) is 13.7 Å². The molecule has 0 radical (unpaired) electrons. The molecule has 406 valence electrons. The van der Waals surface area contributed by atoms with Crippen LogP contribution in [0, 0.1) is 17.9 Å². The fourth-order valence-electron chi connectivity index (χ4n) is 14.7. The zero-order valence-electron chi connectivity index (χ0n) is 46.9. The molecule has 0 aliphatic rings. The van der Waals surface area contributed by atoms with E-state index < -0.39 is 0 Å². The van der Waals surface area contributed by atoms with Crippen molar-refractivity contribution in [3.05, 3.63) is 284 Å². The Morgan fingerprint density at radius 1 is 0.273 bits per heavy atom. The molecule has 0 aliphatic carbocycles. The normalized spacial score (nSPS) is 12.1. The maximum absolute atomic E-state index is 12.9. The molecular formula is C80H44N6O2. The molecule has 88 heavy (non-hydrogen) atoms. The first-order valence-corrected chi connectivity index (χ1v) is 29.5. The van der Waals surface area contributed by atoms with Crippen LogP contribution in [0.4, 0.5) is 5.69 Å². The maximum atomic E-state index is 12.9. The molecule has 6 heterocycles. The lowest BCUT2D eigenvalue weighted by Gasteiger charge is -2.27. The van der Waals surface area contributed by atoms with Gasteiger partial charge in [-0.1, -0.05) is 182 Å². The highest BCUT2D eigenvalue weighted by atomic mass is 16.3. The summed E-state index contributed by atoms with van der Waals surface area (Å²) in [4.78, 5) is 4.89. The van der Waals surface area contributed by atoms with Crippen LogP contribution in [0.3, 0.4) is 0 Å². The third-order valence-electron chi connectivity index (χ3n) is 18.4. The molecule has 0 fully saturated rings. The molecule has 0 unspecified atom stereocenters. The van der Waals surface area contributed by atoms with Crippen LogP contribution in [0.2, 0.25) is 0 Å². The molecule has 0 atom stereocenters. The monoisotopic (exact) mass is 1120 g/mol. The first kappa shape index (κ1) is 48.1. The second kappa shape index (κ2) is 18.1. The summed E-state index contributed by atoms with van der Waals surface area (Å²) >= 11 is 0. The van der Waals surface area contributed by atoms with Crippen molar-refractivity contribution >= 4 is 137 Å². The van der Waals surface area contributed by atoms with Gasteiger partial charge in [0.15, 0.2) is 0 Å². The van der Waals surface area contributed by atoms with Gasteiger partial charge in [-0.3, -0.25) is 0 Å². The van der Waals surface area contributed by atoms with Crippen LogP contribution in [-0.2, 0) is 0 Å². The van der Waals surface area contributed by atoms with Crippen molar-refractivity contribution in [3.63, 3.8) is 0 Å². The van der Waals surface area contributed by atoms with Crippen molar-refractivity contribution in [2.45, 2.75) is 0 Å². The van der Waals surface area contributed by atoms with Crippen molar-refractivity contribution in [1.82, 2.24) is 18.3 Å². The summed E-state index contributed by atoms with van der Waals surface area (Å²) in [5.41, 5.74) is 17.5. The van der Waals surface area contributed by atoms with Gasteiger partial charge in [0, 0.05) is 64.6 Å². The Bertz CT molecular complexity index is 6100. The number of para-hydroxylation sites is 6. The van der Waals surface area contributed by atoms with Gasteiger partial charge in [0.25, 0.3) is 0 Å². The standard InChI is InChI=1S/C80H44N6O2/c1-82-76-77(83-64-30-14-8-24-51(64)57-40-49(36-38-68(57)83)47-20-4-2-5-21-47)63(46-81)78(85-66-32-16-10-26-53(66)59-44-74-61(42-70(59)85)55-28-12-18-34-72(55)87-74)80(84-65-31-15-9-25-52(65)58-41-50(37-39-69(58)84)48-22-6-3-7-23-48)79(76)86-67-33-17-11-27-54(67)60-45-75-62(43-71(60)86)56-29-13-19-35-73(56)88-75/h2-45H. The van der Waals surface area contributed by atoms with E-state index in [1.807, 2.05) is 36.4 Å². The van der Waals surface area contributed by atoms with Crippen LogP contribution in [0.5, 0.6) is 0 Å². The second-order valence-corrected chi connectivity index (χ2v) is 22.9. The molecule has 0 saturated heterocycles. The van der Waals surface area contributed by atoms with Crippen LogP contribution in [-0.4, -0.2) is 18.3 Å². The average Bonchev–Trinajstić information content (AvgIpc) is 1.52. The Labute approximate surface area is 501 Å². The molecule has 6 aromatic heterocycles.